The second-order valence-electron chi connectivity index (χ2n) is 4.76. The first-order valence-electron chi connectivity index (χ1n) is 6.76. The monoisotopic (exact) mass is 279 g/mol. The van der Waals surface area contributed by atoms with Crippen LogP contribution in [0, 0.1) is 0 Å². The minimum Gasteiger partial charge on any atom is -0.492 e. The van der Waals surface area contributed by atoms with E-state index < -0.39 is 0 Å². The first kappa shape index (κ1) is 14.1. The van der Waals surface area contributed by atoms with Gasteiger partial charge in [0, 0.05) is 12.2 Å². The molecule has 1 aliphatic heterocycles. The van der Waals surface area contributed by atoms with Gasteiger partial charge in [0.15, 0.2) is 5.11 Å². The van der Waals surface area contributed by atoms with E-state index in [1.165, 1.54) is 32.4 Å². The van der Waals surface area contributed by atoms with Crippen LogP contribution in [0.2, 0.25) is 0 Å². The Balaban J connectivity index is 1.71. The van der Waals surface area contributed by atoms with Crippen molar-refractivity contribution in [2.45, 2.75) is 19.3 Å². The van der Waals surface area contributed by atoms with Gasteiger partial charge in [-0.1, -0.05) is 6.42 Å². The second-order valence-corrected chi connectivity index (χ2v) is 5.20. The van der Waals surface area contributed by atoms with E-state index in [1.54, 1.807) is 0 Å². The van der Waals surface area contributed by atoms with E-state index in [2.05, 4.69) is 10.2 Å². The first-order valence-corrected chi connectivity index (χ1v) is 7.16. The third-order valence-corrected chi connectivity index (χ3v) is 3.35. The van der Waals surface area contributed by atoms with Gasteiger partial charge in [0.05, 0.1) is 0 Å². The average Bonchev–Trinajstić information content (AvgIpc) is 2.41. The lowest BCUT2D eigenvalue weighted by molar-refractivity contribution is 0.183. The summed E-state index contributed by atoms with van der Waals surface area (Å²) in [5.41, 5.74) is 6.29. The van der Waals surface area contributed by atoms with Crippen LogP contribution in [-0.4, -0.2) is 36.3 Å². The van der Waals surface area contributed by atoms with Crippen LogP contribution in [0.3, 0.4) is 0 Å². The molecule has 1 aliphatic rings. The number of ether oxygens (including phenoxy) is 1. The summed E-state index contributed by atoms with van der Waals surface area (Å²) in [7, 11) is 0. The minimum atomic E-state index is 0.277. The van der Waals surface area contributed by atoms with Crippen LogP contribution < -0.4 is 15.8 Å². The molecule has 0 aromatic heterocycles. The molecule has 0 bridgehead atoms. The fraction of sp³-hybridized carbons (Fsp3) is 0.500. The van der Waals surface area contributed by atoms with E-state index in [0.29, 0.717) is 0 Å². The zero-order valence-corrected chi connectivity index (χ0v) is 11.9. The predicted octanol–water partition coefficient (Wildman–Crippen LogP) is 2.21. The summed E-state index contributed by atoms with van der Waals surface area (Å²) in [5.74, 6) is 0.880. The molecular formula is C14H21N3OS. The maximum absolute atomic E-state index is 5.74. The number of thiocarbonyl (C=S) groups is 1. The van der Waals surface area contributed by atoms with Crippen molar-refractivity contribution in [3.63, 3.8) is 0 Å². The van der Waals surface area contributed by atoms with Crippen LogP contribution in [-0.2, 0) is 0 Å². The Kier molecular flexibility index (Phi) is 5.42. The number of likely N-dealkylation sites (tertiary alicyclic amines) is 1. The predicted molar refractivity (Wildman–Crippen MR) is 82.6 cm³/mol. The normalized spacial score (nSPS) is 16.0. The Labute approximate surface area is 119 Å². The van der Waals surface area contributed by atoms with E-state index in [1.807, 2.05) is 24.3 Å². The van der Waals surface area contributed by atoms with Gasteiger partial charge in [0.1, 0.15) is 12.4 Å². The molecule has 19 heavy (non-hydrogen) atoms. The van der Waals surface area contributed by atoms with Crippen molar-refractivity contribution in [2.24, 2.45) is 5.73 Å². The highest BCUT2D eigenvalue weighted by atomic mass is 32.1. The number of nitrogens with one attached hydrogen (secondary N) is 1. The van der Waals surface area contributed by atoms with Gasteiger partial charge in [-0.15, -0.1) is 0 Å². The van der Waals surface area contributed by atoms with Crippen LogP contribution in [0.4, 0.5) is 5.69 Å². The van der Waals surface area contributed by atoms with Gasteiger partial charge in [-0.05, 0) is 62.4 Å². The van der Waals surface area contributed by atoms with E-state index in [0.717, 1.165) is 24.6 Å². The van der Waals surface area contributed by atoms with E-state index >= 15 is 0 Å². The summed E-state index contributed by atoms with van der Waals surface area (Å²) in [6, 6.07) is 7.68. The molecule has 0 radical (unpaired) electrons. The van der Waals surface area contributed by atoms with Gasteiger partial charge in [0.2, 0.25) is 0 Å². The minimum absolute atomic E-state index is 0.277. The Bertz CT molecular complexity index is 402. The van der Waals surface area contributed by atoms with Gasteiger partial charge in [0.25, 0.3) is 0 Å². The number of anilines is 1. The average molecular weight is 279 g/mol. The molecule has 3 N–H and O–H groups in total. The van der Waals surface area contributed by atoms with E-state index in [9.17, 15) is 0 Å². The summed E-state index contributed by atoms with van der Waals surface area (Å²) in [6.45, 7) is 4.16. The van der Waals surface area contributed by atoms with Crippen LogP contribution >= 0.6 is 12.2 Å². The van der Waals surface area contributed by atoms with Gasteiger partial charge in [-0.3, -0.25) is 4.90 Å². The molecule has 1 heterocycles. The molecule has 0 atom stereocenters. The molecule has 0 saturated carbocycles. The van der Waals surface area contributed by atoms with Gasteiger partial charge in [-0.25, -0.2) is 0 Å². The topological polar surface area (TPSA) is 50.5 Å². The zero-order chi connectivity index (χ0) is 13.5. The van der Waals surface area contributed by atoms with Crippen molar-refractivity contribution < 1.29 is 4.74 Å². The number of piperidine rings is 1. The number of nitrogens with two attached hydrogens (primary N) is 1. The van der Waals surface area contributed by atoms with Crippen molar-refractivity contribution in [2.75, 3.05) is 31.6 Å². The maximum atomic E-state index is 5.74. The lowest BCUT2D eigenvalue weighted by Crippen LogP contribution is -2.33. The molecule has 1 fully saturated rings. The lowest BCUT2D eigenvalue weighted by Gasteiger charge is -2.26. The third-order valence-electron chi connectivity index (χ3n) is 3.25. The standard InChI is InChI=1S/C14H21N3OS/c15-14(19)16-12-4-6-13(7-5-12)18-11-10-17-8-2-1-3-9-17/h4-7H,1-3,8-11H2,(H3,15,16,19). The van der Waals surface area contributed by atoms with Crippen molar-refractivity contribution in [3.05, 3.63) is 24.3 Å². The summed E-state index contributed by atoms with van der Waals surface area (Å²) >= 11 is 4.78. The Morgan fingerprint density at radius 1 is 1.21 bits per heavy atom. The van der Waals surface area contributed by atoms with Crippen LogP contribution in [0.25, 0.3) is 0 Å². The molecule has 0 aliphatic carbocycles. The molecule has 5 heteroatoms. The largest absolute Gasteiger partial charge is 0.492 e. The molecule has 4 nitrogen and oxygen atoms in total. The van der Waals surface area contributed by atoms with Crippen LogP contribution in [0.5, 0.6) is 5.75 Å². The van der Waals surface area contributed by atoms with Crippen molar-refractivity contribution in [3.8, 4) is 5.75 Å². The highest BCUT2D eigenvalue weighted by Crippen LogP contribution is 2.15. The third kappa shape index (κ3) is 5.04. The lowest BCUT2D eigenvalue weighted by atomic mass is 10.1. The molecule has 2 rings (SSSR count). The van der Waals surface area contributed by atoms with E-state index in [-0.39, 0.29) is 5.11 Å². The number of benzene rings is 1. The fourth-order valence-electron chi connectivity index (χ4n) is 2.25. The summed E-state index contributed by atoms with van der Waals surface area (Å²) in [5, 5.41) is 3.16. The molecule has 1 saturated heterocycles. The molecule has 0 amide bonds. The highest BCUT2D eigenvalue weighted by molar-refractivity contribution is 7.80. The quantitative estimate of drug-likeness (QED) is 0.809. The Hall–Kier alpha value is -1.33. The number of nitrogens with zero attached hydrogens (tertiary/aromatic N) is 1. The van der Waals surface area contributed by atoms with Gasteiger partial charge >= 0.3 is 0 Å². The first-order chi connectivity index (χ1) is 9.24. The Morgan fingerprint density at radius 2 is 1.89 bits per heavy atom. The molecule has 1 aromatic carbocycles. The zero-order valence-electron chi connectivity index (χ0n) is 11.1. The van der Waals surface area contributed by atoms with Crippen LogP contribution in [0.1, 0.15) is 19.3 Å². The molecule has 0 spiro atoms. The SMILES string of the molecule is NC(=S)Nc1ccc(OCCN2CCCCC2)cc1. The van der Waals surface area contributed by atoms with Gasteiger partial charge in [-0.2, -0.15) is 0 Å². The van der Waals surface area contributed by atoms with Crippen LogP contribution in [0.15, 0.2) is 24.3 Å². The summed E-state index contributed by atoms with van der Waals surface area (Å²) in [6.07, 6.45) is 4.01. The highest BCUT2D eigenvalue weighted by Gasteiger charge is 2.09. The fourth-order valence-corrected chi connectivity index (χ4v) is 2.37. The Morgan fingerprint density at radius 3 is 2.53 bits per heavy atom. The van der Waals surface area contributed by atoms with Gasteiger partial charge < -0.3 is 15.8 Å². The smallest absolute Gasteiger partial charge is 0.168 e. The molecule has 104 valence electrons. The second kappa shape index (κ2) is 7.31. The van der Waals surface area contributed by atoms with Crippen molar-refractivity contribution in [1.29, 1.82) is 0 Å². The molecule has 1 aromatic rings. The van der Waals surface area contributed by atoms with Crippen molar-refractivity contribution >= 4 is 23.0 Å². The number of hydrogen-bond acceptors (Lipinski definition) is 3. The summed E-state index contributed by atoms with van der Waals surface area (Å²) in [4.78, 5) is 2.46. The number of hydrogen-bond donors (Lipinski definition) is 2. The summed E-state index contributed by atoms with van der Waals surface area (Å²) < 4.78 is 5.74. The molecular weight excluding hydrogens is 258 g/mol. The maximum Gasteiger partial charge on any atom is 0.168 e. The number of rotatable bonds is 5. The van der Waals surface area contributed by atoms with Crippen molar-refractivity contribution in [1.82, 2.24) is 4.90 Å². The molecule has 0 unspecified atom stereocenters. The van der Waals surface area contributed by atoms with E-state index in [4.69, 9.17) is 22.7 Å².